The summed E-state index contributed by atoms with van der Waals surface area (Å²) in [5, 5.41) is 12.4. The summed E-state index contributed by atoms with van der Waals surface area (Å²) in [6.45, 7) is 0. The van der Waals surface area contributed by atoms with Crippen molar-refractivity contribution in [3.8, 4) is 0 Å². The predicted molar refractivity (Wildman–Crippen MR) is 56.1 cm³/mol. The Kier molecular flexibility index (Phi) is 3.54. The first-order valence-corrected chi connectivity index (χ1v) is 5.80. The minimum atomic E-state index is -0.749. The van der Waals surface area contributed by atoms with E-state index >= 15 is 0 Å². The number of aromatic nitrogens is 2. The van der Waals surface area contributed by atoms with Crippen molar-refractivity contribution >= 4 is 5.97 Å². The predicted octanol–water partition coefficient (Wildman–Crippen LogP) is 2.13. The fraction of sp³-hybridized carbons (Fsp3) is 0.727. The molecule has 2 rings (SSSR count). The van der Waals surface area contributed by atoms with Gasteiger partial charge in [0, 0.05) is 18.8 Å². The van der Waals surface area contributed by atoms with Crippen LogP contribution in [0.25, 0.3) is 0 Å². The molecule has 1 aliphatic carbocycles. The molecule has 0 saturated heterocycles. The van der Waals surface area contributed by atoms with E-state index in [4.69, 9.17) is 9.63 Å². The molecule has 16 heavy (non-hydrogen) atoms. The lowest BCUT2D eigenvalue weighted by molar-refractivity contribution is -0.137. The van der Waals surface area contributed by atoms with Crippen LogP contribution in [0.4, 0.5) is 0 Å². The van der Waals surface area contributed by atoms with Crippen LogP contribution in [-0.4, -0.2) is 21.2 Å². The van der Waals surface area contributed by atoms with Crippen molar-refractivity contribution < 1.29 is 14.4 Å². The summed E-state index contributed by atoms with van der Waals surface area (Å²) < 4.78 is 5.12. The van der Waals surface area contributed by atoms with E-state index in [0.717, 1.165) is 25.1 Å². The highest BCUT2D eigenvalue weighted by Gasteiger charge is 2.24. The van der Waals surface area contributed by atoms with Crippen LogP contribution in [-0.2, 0) is 11.2 Å². The number of aryl methyl sites for hydroxylation is 1. The average molecular weight is 224 g/mol. The maximum atomic E-state index is 10.3. The fourth-order valence-electron chi connectivity index (χ4n) is 1.75. The standard InChI is InChI=1S/C11H16N2O3/c14-10(15)7-2-1-6-9-12-11(13-16-9)8-4-3-5-8/h8H,1-7H2,(H,14,15). The highest BCUT2D eigenvalue weighted by atomic mass is 16.5. The van der Waals surface area contributed by atoms with Gasteiger partial charge in [-0.3, -0.25) is 4.79 Å². The molecule has 0 aliphatic heterocycles. The molecule has 1 heterocycles. The van der Waals surface area contributed by atoms with E-state index < -0.39 is 5.97 Å². The molecule has 1 aromatic heterocycles. The second kappa shape index (κ2) is 5.09. The molecule has 5 nitrogen and oxygen atoms in total. The molecule has 5 heteroatoms. The topological polar surface area (TPSA) is 76.2 Å². The first-order chi connectivity index (χ1) is 7.75. The number of rotatable bonds is 6. The van der Waals surface area contributed by atoms with Crippen LogP contribution >= 0.6 is 0 Å². The quantitative estimate of drug-likeness (QED) is 0.749. The van der Waals surface area contributed by atoms with Crippen molar-refractivity contribution in [1.29, 1.82) is 0 Å². The van der Waals surface area contributed by atoms with Crippen LogP contribution in [0.3, 0.4) is 0 Å². The SMILES string of the molecule is O=C(O)CCCCc1nc(C2CCC2)no1. The van der Waals surface area contributed by atoms with Gasteiger partial charge in [0.15, 0.2) is 5.82 Å². The number of hydrogen-bond donors (Lipinski definition) is 1. The van der Waals surface area contributed by atoms with Gasteiger partial charge in [-0.05, 0) is 25.7 Å². The van der Waals surface area contributed by atoms with Gasteiger partial charge in [0.25, 0.3) is 0 Å². The van der Waals surface area contributed by atoms with E-state index in [1.54, 1.807) is 0 Å². The molecule has 0 aromatic carbocycles. The molecule has 0 radical (unpaired) electrons. The molecule has 88 valence electrons. The van der Waals surface area contributed by atoms with Gasteiger partial charge in [0.2, 0.25) is 5.89 Å². The number of carbonyl (C=O) groups is 1. The van der Waals surface area contributed by atoms with E-state index in [1.807, 2.05) is 0 Å². The van der Waals surface area contributed by atoms with E-state index in [2.05, 4.69) is 10.1 Å². The van der Waals surface area contributed by atoms with Crippen LogP contribution in [0, 0.1) is 0 Å². The lowest BCUT2D eigenvalue weighted by Crippen LogP contribution is -2.10. The molecule has 0 unspecified atom stereocenters. The maximum Gasteiger partial charge on any atom is 0.303 e. The summed E-state index contributed by atoms with van der Waals surface area (Å²) in [6.07, 6.45) is 5.94. The molecule has 0 bridgehead atoms. The fourth-order valence-corrected chi connectivity index (χ4v) is 1.75. The number of aliphatic carboxylic acids is 1. The van der Waals surface area contributed by atoms with Crippen molar-refractivity contribution in [2.24, 2.45) is 0 Å². The molecule has 1 N–H and O–H groups in total. The highest BCUT2D eigenvalue weighted by Crippen LogP contribution is 2.34. The summed E-state index contributed by atoms with van der Waals surface area (Å²) in [7, 11) is 0. The second-order valence-corrected chi connectivity index (χ2v) is 4.27. The Hall–Kier alpha value is -1.39. The Morgan fingerprint density at radius 3 is 2.88 bits per heavy atom. The zero-order valence-corrected chi connectivity index (χ0v) is 9.19. The largest absolute Gasteiger partial charge is 0.481 e. The normalized spacial score (nSPS) is 16.0. The lowest BCUT2D eigenvalue weighted by atomic mass is 9.85. The van der Waals surface area contributed by atoms with Crippen LogP contribution in [0.1, 0.15) is 56.2 Å². The molecule has 1 saturated carbocycles. The van der Waals surface area contributed by atoms with Crippen molar-refractivity contribution in [3.63, 3.8) is 0 Å². The van der Waals surface area contributed by atoms with E-state index in [-0.39, 0.29) is 6.42 Å². The van der Waals surface area contributed by atoms with E-state index in [0.29, 0.717) is 24.7 Å². The zero-order chi connectivity index (χ0) is 11.4. The van der Waals surface area contributed by atoms with Crippen LogP contribution in [0.2, 0.25) is 0 Å². The number of unbranched alkanes of at least 4 members (excludes halogenated alkanes) is 1. The van der Waals surface area contributed by atoms with Gasteiger partial charge in [0.05, 0.1) is 0 Å². The Balaban J connectivity index is 1.72. The van der Waals surface area contributed by atoms with Crippen LogP contribution in [0.5, 0.6) is 0 Å². The highest BCUT2D eigenvalue weighted by molar-refractivity contribution is 5.66. The summed E-state index contributed by atoms with van der Waals surface area (Å²) in [5.41, 5.74) is 0. The minimum absolute atomic E-state index is 0.212. The molecule has 1 aliphatic rings. The van der Waals surface area contributed by atoms with Crippen molar-refractivity contribution in [2.75, 3.05) is 0 Å². The summed E-state index contributed by atoms with van der Waals surface area (Å²) in [4.78, 5) is 14.6. The summed E-state index contributed by atoms with van der Waals surface area (Å²) >= 11 is 0. The zero-order valence-electron chi connectivity index (χ0n) is 9.19. The van der Waals surface area contributed by atoms with Crippen molar-refractivity contribution in [2.45, 2.75) is 50.9 Å². The van der Waals surface area contributed by atoms with Crippen molar-refractivity contribution in [1.82, 2.24) is 10.1 Å². The number of hydrogen-bond acceptors (Lipinski definition) is 4. The minimum Gasteiger partial charge on any atom is -0.481 e. The smallest absolute Gasteiger partial charge is 0.303 e. The van der Waals surface area contributed by atoms with Gasteiger partial charge in [-0.15, -0.1) is 0 Å². The monoisotopic (exact) mass is 224 g/mol. The third kappa shape index (κ3) is 2.81. The first kappa shape index (κ1) is 11.1. The number of carboxylic acid groups (broad SMARTS) is 1. The molecular formula is C11H16N2O3. The van der Waals surface area contributed by atoms with E-state index in [9.17, 15) is 4.79 Å². The van der Waals surface area contributed by atoms with Crippen molar-refractivity contribution in [3.05, 3.63) is 11.7 Å². The first-order valence-electron chi connectivity index (χ1n) is 5.80. The Morgan fingerprint density at radius 2 is 2.25 bits per heavy atom. The average Bonchev–Trinajstić information content (AvgIpc) is 2.58. The Bertz CT molecular complexity index is 358. The molecule has 0 spiro atoms. The number of nitrogens with zero attached hydrogens (tertiary/aromatic N) is 2. The van der Waals surface area contributed by atoms with Gasteiger partial charge in [-0.25, -0.2) is 0 Å². The third-order valence-corrected chi connectivity index (χ3v) is 2.99. The third-order valence-electron chi connectivity index (χ3n) is 2.99. The van der Waals surface area contributed by atoms with Gasteiger partial charge in [-0.2, -0.15) is 4.98 Å². The molecule has 0 atom stereocenters. The molecule has 0 amide bonds. The van der Waals surface area contributed by atoms with E-state index in [1.165, 1.54) is 6.42 Å². The lowest BCUT2D eigenvalue weighted by Gasteiger charge is -2.20. The Morgan fingerprint density at radius 1 is 1.44 bits per heavy atom. The maximum absolute atomic E-state index is 10.3. The molecular weight excluding hydrogens is 208 g/mol. The summed E-state index contributed by atoms with van der Waals surface area (Å²) in [5.74, 6) is 1.23. The summed E-state index contributed by atoms with van der Waals surface area (Å²) in [6, 6.07) is 0. The van der Waals surface area contributed by atoms with Crippen LogP contribution < -0.4 is 0 Å². The Labute approximate surface area is 93.9 Å². The van der Waals surface area contributed by atoms with Crippen LogP contribution in [0.15, 0.2) is 4.52 Å². The number of carboxylic acids is 1. The molecule has 1 fully saturated rings. The van der Waals surface area contributed by atoms with Gasteiger partial charge in [0.1, 0.15) is 0 Å². The second-order valence-electron chi connectivity index (χ2n) is 4.27. The van der Waals surface area contributed by atoms with Gasteiger partial charge >= 0.3 is 5.97 Å². The molecule has 1 aromatic rings. The van der Waals surface area contributed by atoms with Gasteiger partial charge < -0.3 is 9.63 Å². The van der Waals surface area contributed by atoms with Gasteiger partial charge in [-0.1, -0.05) is 11.6 Å².